The fourth-order valence-electron chi connectivity index (χ4n) is 1.99. The van der Waals surface area contributed by atoms with Crippen LogP contribution in [0.25, 0.3) is 0 Å². The lowest BCUT2D eigenvalue weighted by atomic mass is 10.1. The molecule has 0 aliphatic heterocycles. The van der Waals surface area contributed by atoms with E-state index in [1.165, 1.54) is 6.07 Å². The molecule has 1 aliphatic rings. The number of rotatable bonds is 4. The zero-order valence-electron chi connectivity index (χ0n) is 9.37. The quantitative estimate of drug-likeness (QED) is 0.811. The predicted octanol–water partition coefficient (Wildman–Crippen LogP) is 2.51. The van der Waals surface area contributed by atoms with E-state index in [1.807, 2.05) is 12.2 Å². The van der Waals surface area contributed by atoms with Crippen molar-refractivity contribution in [3.63, 3.8) is 0 Å². The molecule has 92 valence electrons. The standard InChI is InChI=1S/C13H15ClFNO/c14-12-3-1-2-10(13(12)15)7-16-11-5-4-9(6-11)8-17/h1-5,9,11,16-17H,6-8H2/t9-,11+/m0/s1. The Morgan fingerprint density at radius 3 is 2.94 bits per heavy atom. The molecule has 2 rings (SSSR count). The van der Waals surface area contributed by atoms with Gasteiger partial charge in [-0.2, -0.15) is 0 Å². The molecule has 1 aromatic rings. The first kappa shape index (κ1) is 12.6. The molecular formula is C13H15ClFNO. The monoisotopic (exact) mass is 255 g/mol. The summed E-state index contributed by atoms with van der Waals surface area (Å²) >= 11 is 5.71. The molecule has 0 heterocycles. The van der Waals surface area contributed by atoms with Crippen molar-refractivity contribution in [1.82, 2.24) is 5.32 Å². The zero-order chi connectivity index (χ0) is 12.3. The van der Waals surface area contributed by atoms with Gasteiger partial charge in [0.25, 0.3) is 0 Å². The van der Waals surface area contributed by atoms with Gasteiger partial charge in [-0.1, -0.05) is 35.9 Å². The molecule has 0 radical (unpaired) electrons. The fourth-order valence-corrected chi connectivity index (χ4v) is 2.18. The number of aliphatic hydroxyl groups excluding tert-OH is 1. The molecule has 0 spiro atoms. The van der Waals surface area contributed by atoms with E-state index in [0.717, 1.165) is 6.42 Å². The van der Waals surface area contributed by atoms with Gasteiger partial charge < -0.3 is 10.4 Å². The second-order valence-corrected chi connectivity index (χ2v) is 4.67. The minimum Gasteiger partial charge on any atom is -0.396 e. The van der Waals surface area contributed by atoms with E-state index in [2.05, 4.69) is 5.32 Å². The molecule has 0 bridgehead atoms. The molecule has 2 nitrogen and oxygen atoms in total. The van der Waals surface area contributed by atoms with Crippen LogP contribution in [-0.4, -0.2) is 17.8 Å². The predicted molar refractivity (Wildman–Crippen MR) is 66.4 cm³/mol. The Morgan fingerprint density at radius 1 is 1.41 bits per heavy atom. The summed E-state index contributed by atoms with van der Waals surface area (Å²) < 4.78 is 13.6. The first-order valence-electron chi connectivity index (χ1n) is 5.66. The van der Waals surface area contributed by atoms with Gasteiger partial charge in [0, 0.05) is 30.7 Å². The number of hydrogen-bond acceptors (Lipinski definition) is 2. The smallest absolute Gasteiger partial charge is 0.146 e. The molecule has 2 atom stereocenters. The van der Waals surface area contributed by atoms with Crippen molar-refractivity contribution in [3.8, 4) is 0 Å². The summed E-state index contributed by atoms with van der Waals surface area (Å²) in [7, 11) is 0. The minimum atomic E-state index is -0.359. The van der Waals surface area contributed by atoms with Gasteiger partial charge in [0.15, 0.2) is 0 Å². The molecule has 1 aliphatic carbocycles. The van der Waals surface area contributed by atoms with E-state index in [4.69, 9.17) is 16.7 Å². The largest absolute Gasteiger partial charge is 0.396 e. The highest BCUT2D eigenvalue weighted by Crippen LogP contribution is 2.20. The third-order valence-corrected chi connectivity index (χ3v) is 3.28. The Labute approximate surface area is 105 Å². The Balaban J connectivity index is 1.91. The first-order chi connectivity index (χ1) is 8.20. The van der Waals surface area contributed by atoms with Gasteiger partial charge in [0.1, 0.15) is 5.82 Å². The van der Waals surface area contributed by atoms with Crippen molar-refractivity contribution >= 4 is 11.6 Å². The lowest BCUT2D eigenvalue weighted by Gasteiger charge is -2.13. The van der Waals surface area contributed by atoms with Crippen molar-refractivity contribution in [1.29, 1.82) is 0 Å². The average molecular weight is 256 g/mol. The van der Waals surface area contributed by atoms with Crippen LogP contribution in [0, 0.1) is 11.7 Å². The van der Waals surface area contributed by atoms with Crippen molar-refractivity contribution in [3.05, 3.63) is 46.8 Å². The summed E-state index contributed by atoms with van der Waals surface area (Å²) in [6, 6.07) is 5.20. The Bertz CT molecular complexity index is 422. The van der Waals surface area contributed by atoms with Crippen LogP contribution < -0.4 is 5.32 Å². The second kappa shape index (κ2) is 5.63. The minimum absolute atomic E-state index is 0.152. The average Bonchev–Trinajstić information content (AvgIpc) is 2.79. The van der Waals surface area contributed by atoms with Crippen molar-refractivity contribution in [2.75, 3.05) is 6.61 Å². The highest BCUT2D eigenvalue weighted by Gasteiger charge is 2.17. The molecule has 0 saturated heterocycles. The lowest BCUT2D eigenvalue weighted by molar-refractivity contribution is 0.246. The maximum absolute atomic E-state index is 13.6. The second-order valence-electron chi connectivity index (χ2n) is 4.26. The summed E-state index contributed by atoms with van der Waals surface area (Å²) in [6.07, 6.45) is 4.87. The molecule has 1 aromatic carbocycles. The summed E-state index contributed by atoms with van der Waals surface area (Å²) in [4.78, 5) is 0. The summed E-state index contributed by atoms with van der Waals surface area (Å²) in [5, 5.41) is 12.4. The van der Waals surface area contributed by atoms with Crippen molar-refractivity contribution in [2.24, 2.45) is 5.92 Å². The molecule has 0 amide bonds. The van der Waals surface area contributed by atoms with Gasteiger partial charge in [-0.3, -0.25) is 0 Å². The molecule has 0 fully saturated rings. The molecule has 4 heteroatoms. The summed E-state index contributed by atoms with van der Waals surface area (Å²) in [6.45, 7) is 0.611. The Morgan fingerprint density at radius 2 is 2.24 bits per heavy atom. The van der Waals surface area contributed by atoms with Crippen LogP contribution in [0.3, 0.4) is 0 Å². The highest BCUT2D eigenvalue weighted by molar-refractivity contribution is 6.30. The van der Waals surface area contributed by atoms with E-state index in [-0.39, 0.29) is 29.4 Å². The molecule has 17 heavy (non-hydrogen) atoms. The van der Waals surface area contributed by atoms with Crippen LogP contribution in [-0.2, 0) is 6.54 Å². The van der Waals surface area contributed by atoms with Crippen LogP contribution in [0.2, 0.25) is 5.02 Å². The molecule has 0 aromatic heterocycles. The van der Waals surface area contributed by atoms with Crippen LogP contribution in [0.1, 0.15) is 12.0 Å². The lowest BCUT2D eigenvalue weighted by Crippen LogP contribution is -2.26. The molecule has 2 N–H and O–H groups in total. The van der Waals surface area contributed by atoms with E-state index < -0.39 is 0 Å². The van der Waals surface area contributed by atoms with Gasteiger partial charge >= 0.3 is 0 Å². The third-order valence-electron chi connectivity index (χ3n) is 2.99. The Kier molecular flexibility index (Phi) is 4.15. The Hall–Kier alpha value is -0.900. The van der Waals surface area contributed by atoms with Crippen LogP contribution in [0.4, 0.5) is 4.39 Å². The van der Waals surface area contributed by atoms with E-state index in [0.29, 0.717) is 12.1 Å². The number of benzene rings is 1. The number of aliphatic hydroxyl groups is 1. The number of hydrogen-bond donors (Lipinski definition) is 2. The van der Waals surface area contributed by atoms with Gasteiger partial charge in [-0.25, -0.2) is 4.39 Å². The van der Waals surface area contributed by atoms with Crippen LogP contribution in [0.15, 0.2) is 30.4 Å². The van der Waals surface area contributed by atoms with Gasteiger partial charge in [-0.15, -0.1) is 0 Å². The molecule has 0 unspecified atom stereocenters. The maximum atomic E-state index is 13.6. The van der Waals surface area contributed by atoms with Crippen LogP contribution in [0.5, 0.6) is 0 Å². The number of nitrogens with one attached hydrogen (secondary N) is 1. The topological polar surface area (TPSA) is 32.3 Å². The van der Waals surface area contributed by atoms with Gasteiger partial charge in [-0.05, 0) is 12.5 Å². The van der Waals surface area contributed by atoms with Crippen LogP contribution >= 0.6 is 11.6 Å². The highest BCUT2D eigenvalue weighted by atomic mass is 35.5. The SMILES string of the molecule is OC[C@H]1C=C[C@@H](NCc2cccc(Cl)c2F)C1. The van der Waals surface area contributed by atoms with E-state index in [9.17, 15) is 4.39 Å². The molecule has 0 saturated carbocycles. The zero-order valence-corrected chi connectivity index (χ0v) is 10.1. The summed E-state index contributed by atoms with van der Waals surface area (Å²) in [5.74, 6) is -0.140. The normalized spacial score (nSPS) is 23.2. The number of halogens is 2. The van der Waals surface area contributed by atoms with E-state index >= 15 is 0 Å². The van der Waals surface area contributed by atoms with Gasteiger partial charge in [0.2, 0.25) is 0 Å². The summed E-state index contributed by atoms with van der Waals surface area (Å²) in [5.41, 5.74) is 0.568. The third kappa shape index (κ3) is 3.06. The van der Waals surface area contributed by atoms with Crippen molar-refractivity contribution in [2.45, 2.75) is 19.0 Å². The van der Waals surface area contributed by atoms with Gasteiger partial charge in [0.05, 0.1) is 5.02 Å². The first-order valence-corrected chi connectivity index (χ1v) is 6.04. The van der Waals surface area contributed by atoms with E-state index in [1.54, 1.807) is 12.1 Å². The van der Waals surface area contributed by atoms with Crippen molar-refractivity contribution < 1.29 is 9.50 Å². The molecular weight excluding hydrogens is 241 g/mol. The fraction of sp³-hybridized carbons (Fsp3) is 0.385. The maximum Gasteiger partial charge on any atom is 0.146 e.